The maximum atomic E-state index is 11.9. The fourth-order valence-electron chi connectivity index (χ4n) is 1.43. The van der Waals surface area contributed by atoms with Crippen molar-refractivity contribution in [1.29, 1.82) is 0 Å². The van der Waals surface area contributed by atoms with Crippen LogP contribution in [0, 0.1) is 0 Å². The fourth-order valence-corrected chi connectivity index (χ4v) is 1.43. The van der Waals surface area contributed by atoms with Crippen LogP contribution >= 0.6 is 0 Å². The van der Waals surface area contributed by atoms with Crippen molar-refractivity contribution < 1.29 is 78.9 Å². The first-order chi connectivity index (χ1) is 8.15. The van der Waals surface area contributed by atoms with Gasteiger partial charge in [0.25, 0.3) is 0 Å². The molecule has 0 aromatic carbocycles. The summed E-state index contributed by atoms with van der Waals surface area (Å²) in [5, 5.41) is 23.4. The third kappa shape index (κ3) is 3.81. The second kappa shape index (κ2) is 8.04. The minimum Gasteiger partial charge on any atom is -0.870 e. The summed E-state index contributed by atoms with van der Waals surface area (Å²) in [5.74, 6) is -2.57. The van der Waals surface area contributed by atoms with Gasteiger partial charge in [-0.2, -0.15) is 0 Å². The zero-order valence-corrected chi connectivity index (χ0v) is 15.0. The van der Waals surface area contributed by atoms with Crippen molar-refractivity contribution in [2.45, 2.75) is 6.92 Å². The Hall–Kier alpha value is -0.370. The van der Waals surface area contributed by atoms with Crippen LogP contribution < -0.4 is 69.3 Å². The Kier molecular flexibility index (Phi) is 7.88. The summed E-state index contributed by atoms with van der Waals surface area (Å²) >= 11 is 0. The second-order valence-electron chi connectivity index (χ2n) is 3.21. The van der Waals surface area contributed by atoms with Gasteiger partial charge in [0.1, 0.15) is 0 Å². The Morgan fingerprint density at radius 3 is 2.68 bits per heavy atom. The Morgan fingerprint density at radius 1 is 1.37 bits per heavy atom. The molecule has 0 saturated heterocycles. The molecule has 0 fully saturated rings. The fraction of sp³-hybridized carbons (Fsp3) is 0.182. The van der Waals surface area contributed by atoms with Gasteiger partial charge in [0.2, 0.25) is 0 Å². The molecule has 0 saturated carbocycles. The predicted octanol–water partition coefficient (Wildman–Crippen LogP) is -6.04. The van der Waals surface area contributed by atoms with Gasteiger partial charge in [-0.25, -0.2) is 4.79 Å². The van der Waals surface area contributed by atoms with Gasteiger partial charge in [0.15, 0.2) is 0 Å². The van der Waals surface area contributed by atoms with E-state index in [-0.39, 0.29) is 76.8 Å². The first-order valence-electron chi connectivity index (χ1n) is 4.95. The van der Waals surface area contributed by atoms with Crippen LogP contribution in [0.1, 0.15) is 17.3 Å². The van der Waals surface area contributed by atoms with Gasteiger partial charge in [0.05, 0.1) is 23.2 Å². The summed E-state index contributed by atoms with van der Waals surface area (Å²) in [5.41, 5.74) is -0.413. The summed E-state index contributed by atoms with van der Waals surface area (Å²) in [4.78, 5) is 18.9. The van der Waals surface area contributed by atoms with E-state index in [0.29, 0.717) is 0 Å². The summed E-state index contributed by atoms with van der Waals surface area (Å²) < 4.78 is 4.63. The van der Waals surface area contributed by atoms with Crippen molar-refractivity contribution in [3.05, 3.63) is 23.9 Å². The second-order valence-corrected chi connectivity index (χ2v) is 3.21. The molecule has 2 rings (SSSR count). The number of hydrogen-bond donors (Lipinski definition) is 0. The molecule has 0 amide bonds. The first-order valence-corrected chi connectivity index (χ1v) is 4.95. The number of carbonyl (C=O) groups is 1. The van der Waals surface area contributed by atoms with E-state index >= 15 is 0 Å². The molecule has 0 bridgehead atoms. The van der Waals surface area contributed by atoms with Crippen LogP contribution in [0.3, 0.4) is 0 Å². The number of rotatable bonds is 2. The maximum absolute atomic E-state index is 11.9. The molecule has 0 radical (unpaired) electrons. The van der Waals surface area contributed by atoms with E-state index in [1.54, 1.807) is 13.0 Å². The third-order valence-electron chi connectivity index (χ3n) is 2.14. The van der Waals surface area contributed by atoms with Gasteiger partial charge >= 0.3 is 65.1 Å². The summed E-state index contributed by atoms with van der Waals surface area (Å²) in [6.45, 7) is 1.66. The van der Waals surface area contributed by atoms with Gasteiger partial charge < -0.3 is 14.9 Å². The predicted molar refractivity (Wildman–Crippen MR) is 54.4 cm³/mol. The van der Waals surface area contributed by atoms with Gasteiger partial charge in [-0.3, -0.25) is 9.97 Å². The monoisotopic (exact) mass is 278 g/mol. The molecule has 2 heterocycles. The molecule has 0 atom stereocenters. The molecule has 0 unspecified atom stereocenters. The minimum absolute atomic E-state index is 0. The van der Waals surface area contributed by atoms with Crippen LogP contribution in [0.2, 0.25) is 0 Å². The van der Waals surface area contributed by atoms with Gasteiger partial charge in [-0.05, 0) is 19.1 Å². The summed E-state index contributed by atoms with van der Waals surface area (Å²) in [6.07, 6.45) is 1.39. The maximum Gasteiger partial charge on any atom is 1.00 e. The minimum atomic E-state index is -0.956. The Balaban J connectivity index is 0.00000162. The molecule has 88 valence electrons. The topological polar surface area (TPSA) is 98.2 Å². The van der Waals surface area contributed by atoms with Crippen molar-refractivity contribution in [3.63, 3.8) is 0 Å². The third-order valence-corrected chi connectivity index (χ3v) is 2.14. The zero-order chi connectivity index (χ0) is 12.4. The molecular weight excluding hydrogens is 270 g/mol. The number of nitrogens with zero attached hydrogens (tertiary/aromatic N) is 2. The average Bonchev–Trinajstić information content (AvgIpc) is 2.29. The molecule has 0 spiro atoms. The van der Waals surface area contributed by atoms with Crippen molar-refractivity contribution in [2.24, 2.45) is 0 Å². The quantitative estimate of drug-likeness (QED) is 0.400. The SMILES string of the molecule is CCOC(=O)c1c([O-])nc2cccnc2c1[O-].[Na+].[Na+]. The van der Waals surface area contributed by atoms with Crippen molar-refractivity contribution in [3.8, 4) is 11.6 Å². The van der Waals surface area contributed by atoms with Crippen LogP contribution in [-0.4, -0.2) is 22.5 Å². The average molecular weight is 278 g/mol. The molecule has 2 aromatic rings. The smallest absolute Gasteiger partial charge is 0.870 e. The van der Waals surface area contributed by atoms with Gasteiger partial charge in [0, 0.05) is 12.1 Å². The number of aromatic nitrogens is 2. The first kappa shape index (κ1) is 18.6. The molecule has 2 aromatic heterocycles. The van der Waals surface area contributed by atoms with Crippen LogP contribution in [0.5, 0.6) is 11.6 Å². The number of fused-ring (bicyclic) bond motifs is 1. The molecule has 19 heavy (non-hydrogen) atoms. The van der Waals surface area contributed by atoms with E-state index in [1.807, 2.05) is 0 Å². The normalized spacial score (nSPS) is 9.32. The number of hydrogen-bond acceptors (Lipinski definition) is 6. The number of ether oxygens (including phenoxy) is 1. The van der Waals surface area contributed by atoms with Crippen LogP contribution in [0.25, 0.3) is 11.0 Å². The molecule has 6 nitrogen and oxygen atoms in total. The van der Waals surface area contributed by atoms with E-state index in [1.165, 1.54) is 12.3 Å². The Morgan fingerprint density at radius 2 is 2.05 bits per heavy atom. The van der Waals surface area contributed by atoms with Crippen LogP contribution in [-0.2, 0) is 4.74 Å². The van der Waals surface area contributed by atoms with E-state index < -0.39 is 23.2 Å². The number of esters is 1. The van der Waals surface area contributed by atoms with Crippen molar-refractivity contribution >= 4 is 17.0 Å². The molecular formula is C11H8N2Na2O4. The standard InChI is InChI=1S/C11H10N2O4.2Na/c1-2-17-11(16)7-9(14)8-6(13-10(7)15)4-3-5-12-8;;/h3-5H,2H2,1H3,(H2,13,14,15);;/q;2*+1/p-2. The van der Waals surface area contributed by atoms with Crippen molar-refractivity contribution in [2.75, 3.05) is 6.61 Å². The van der Waals surface area contributed by atoms with Crippen LogP contribution in [0.4, 0.5) is 0 Å². The summed E-state index contributed by atoms with van der Waals surface area (Å²) in [7, 11) is 0. The van der Waals surface area contributed by atoms with E-state index in [0.717, 1.165) is 0 Å². The van der Waals surface area contributed by atoms with E-state index in [9.17, 15) is 15.0 Å². The Bertz CT molecular complexity index is 592. The molecule has 8 heteroatoms. The summed E-state index contributed by atoms with van der Waals surface area (Å²) in [6, 6.07) is 3.04. The zero-order valence-electron chi connectivity index (χ0n) is 11.0. The molecule has 0 N–H and O–H groups in total. The van der Waals surface area contributed by atoms with Gasteiger partial charge in [-0.1, -0.05) is 5.75 Å². The molecule has 0 aliphatic rings. The Labute approximate surface area is 153 Å². The number of carbonyl (C=O) groups excluding carboxylic acids is 1. The number of pyridine rings is 2. The van der Waals surface area contributed by atoms with Gasteiger partial charge in [-0.15, -0.1) is 0 Å². The van der Waals surface area contributed by atoms with Crippen LogP contribution in [0.15, 0.2) is 18.3 Å². The molecule has 0 aliphatic heterocycles. The van der Waals surface area contributed by atoms with E-state index in [2.05, 4.69) is 14.7 Å². The molecule has 0 aliphatic carbocycles. The largest absolute Gasteiger partial charge is 1.00 e. The van der Waals surface area contributed by atoms with Crippen molar-refractivity contribution in [1.82, 2.24) is 9.97 Å². The van der Waals surface area contributed by atoms with E-state index in [4.69, 9.17) is 0 Å².